The van der Waals surface area contributed by atoms with E-state index in [2.05, 4.69) is 33.4 Å². The molecule has 0 aromatic rings. The molecule has 0 rings (SSSR count). The Labute approximate surface area is 113 Å². The highest BCUT2D eigenvalue weighted by Gasteiger charge is 2.44. The first-order chi connectivity index (χ1) is 8.07. The highest BCUT2D eigenvalue weighted by molar-refractivity contribution is 7.80. The van der Waals surface area contributed by atoms with Crippen LogP contribution in [0.1, 0.15) is 46.5 Å². The van der Waals surface area contributed by atoms with E-state index < -0.39 is 8.80 Å². The molecular weight excluding hydrogens is 252 g/mol. The van der Waals surface area contributed by atoms with Crippen LogP contribution in [0.25, 0.3) is 0 Å². The molecule has 0 aliphatic carbocycles. The zero-order valence-electron chi connectivity index (χ0n) is 11.9. The van der Waals surface area contributed by atoms with Crippen molar-refractivity contribution in [2.24, 2.45) is 0 Å². The second-order valence-corrected chi connectivity index (χ2v) is 7.60. The molecule has 0 saturated carbocycles. The maximum Gasteiger partial charge on any atom is 0.500 e. The number of thiol groups is 1. The summed E-state index contributed by atoms with van der Waals surface area (Å²) in [7, 11) is 0.877. The number of hydrogen-bond donors (Lipinski definition) is 1. The van der Waals surface area contributed by atoms with Crippen LogP contribution in [0.2, 0.25) is 6.04 Å². The summed E-state index contributed by atoms with van der Waals surface area (Å²) < 4.78 is 17.6. The van der Waals surface area contributed by atoms with Crippen molar-refractivity contribution in [2.45, 2.75) is 58.1 Å². The fourth-order valence-electron chi connectivity index (χ4n) is 2.01. The van der Waals surface area contributed by atoms with Crippen molar-refractivity contribution in [1.29, 1.82) is 0 Å². The molecule has 0 saturated heterocycles. The summed E-state index contributed by atoms with van der Waals surface area (Å²) in [6.07, 6.45) is 3.93. The zero-order chi connectivity index (χ0) is 13.4. The van der Waals surface area contributed by atoms with Gasteiger partial charge in [-0.3, -0.25) is 0 Å². The van der Waals surface area contributed by atoms with E-state index in [1.807, 2.05) is 0 Å². The topological polar surface area (TPSA) is 27.7 Å². The van der Waals surface area contributed by atoms with Crippen molar-refractivity contribution in [3.63, 3.8) is 0 Å². The van der Waals surface area contributed by atoms with E-state index in [1.54, 1.807) is 14.2 Å². The van der Waals surface area contributed by atoms with Crippen molar-refractivity contribution in [3.8, 4) is 0 Å². The van der Waals surface area contributed by atoms with Crippen LogP contribution in [0, 0.1) is 0 Å². The Kier molecular flexibility index (Phi) is 8.76. The smallest absolute Gasteiger partial charge is 0.377 e. The van der Waals surface area contributed by atoms with Gasteiger partial charge in [0.05, 0.1) is 5.60 Å². The van der Waals surface area contributed by atoms with Gasteiger partial charge in [0.25, 0.3) is 0 Å². The first-order valence-electron chi connectivity index (χ1n) is 6.48. The first kappa shape index (κ1) is 17.4. The summed E-state index contributed by atoms with van der Waals surface area (Å²) in [6.45, 7) is 6.49. The van der Waals surface area contributed by atoms with Crippen LogP contribution >= 0.6 is 12.6 Å². The van der Waals surface area contributed by atoms with E-state index in [9.17, 15) is 0 Å². The Hall–Kier alpha value is 0.447. The number of hydrogen-bond acceptors (Lipinski definition) is 4. The third kappa shape index (κ3) is 4.91. The molecule has 0 radical (unpaired) electrons. The van der Waals surface area contributed by atoms with Crippen LogP contribution in [0.3, 0.4) is 0 Å². The molecule has 0 atom stereocenters. The van der Waals surface area contributed by atoms with Crippen molar-refractivity contribution >= 4 is 21.4 Å². The van der Waals surface area contributed by atoms with Gasteiger partial charge in [0.2, 0.25) is 0 Å². The average Bonchev–Trinajstić information content (AvgIpc) is 2.41. The average molecular weight is 281 g/mol. The molecule has 0 heterocycles. The number of rotatable bonds is 10. The van der Waals surface area contributed by atoms with Crippen molar-refractivity contribution in [1.82, 2.24) is 0 Å². The quantitative estimate of drug-likeness (QED) is 0.490. The molecule has 0 aromatic carbocycles. The molecular formula is C12H28O3SSi. The predicted octanol–water partition coefficient (Wildman–Crippen LogP) is 3.52. The maximum absolute atomic E-state index is 6.33. The third-order valence-electron chi connectivity index (χ3n) is 3.57. The van der Waals surface area contributed by atoms with E-state index in [4.69, 9.17) is 13.3 Å². The molecule has 0 amide bonds. The van der Waals surface area contributed by atoms with Gasteiger partial charge in [0, 0.05) is 20.3 Å². The predicted molar refractivity (Wildman–Crippen MR) is 77.7 cm³/mol. The fourth-order valence-corrected chi connectivity index (χ4v) is 5.02. The van der Waals surface area contributed by atoms with E-state index in [1.165, 1.54) is 0 Å². The lowest BCUT2D eigenvalue weighted by molar-refractivity contribution is -0.0256. The molecule has 17 heavy (non-hydrogen) atoms. The molecule has 0 aliphatic rings. The normalized spacial score (nSPS) is 13.1. The van der Waals surface area contributed by atoms with Crippen LogP contribution < -0.4 is 0 Å². The van der Waals surface area contributed by atoms with E-state index in [-0.39, 0.29) is 5.60 Å². The SMILES string of the molecule is CCC(CC)(CC)O[Si](CCCS)(OC)OC. The van der Waals surface area contributed by atoms with Gasteiger partial charge in [-0.05, 0) is 31.4 Å². The standard InChI is InChI=1S/C12H28O3SSi/c1-6-12(7-2,8-3)15-17(13-4,14-5)11-9-10-16/h16H,6-11H2,1-5H3. The lowest BCUT2D eigenvalue weighted by Crippen LogP contribution is -2.51. The monoisotopic (exact) mass is 280 g/mol. The first-order valence-corrected chi connectivity index (χ1v) is 9.05. The molecule has 0 aromatic heterocycles. The molecule has 0 spiro atoms. The van der Waals surface area contributed by atoms with E-state index >= 15 is 0 Å². The molecule has 0 bridgehead atoms. The van der Waals surface area contributed by atoms with Crippen LogP contribution in [-0.4, -0.2) is 34.4 Å². The van der Waals surface area contributed by atoms with Crippen LogP contribution in [0.5, 0.6) is 0 Å². The summed E-state index contributed by atoms with van der Waals surface area (Å²) in [5.74, 6) is 0.836. The minimum absolute atomic E-state index is 0.102. The second-order valence-electron chi connectivity index (χ2n) is 4.26. The minimum atomic E-state index is -2.51. The van der Waals surface area contributed by atoms with Gasteiger partial charge in [-0.25, -0.2) is 0 Å². The molecule has 5 heteroatoms. The highest BCUT2D eigenvalue weighted by Crippen LogP contribution is 2.31. The van der Waals surface area contributed by atoms with Gasteiger partial charge in [-0.15, -0.1) is 0 Å². The van der Waals surface area contributed by atoms with Crippen molar-refractivity contribution in [2.75, 3.05) is 20.0 Å². The maximum atomic E-state index is 6.33. The Morgan fingerprint density at radius 3 is 1.76 bits per heavy atom. The second kappa shape index (κ2) is 8.53. The highest BCUT2D eigenvalue weighted by atomic mass is 32.1. The largest absolute Gasteiger partial charge is 0.500 e. The van der Waals surface area contributed by atoms with Gasteiger partial charge in [-0.2, -0.15) is 12.6 Å². The van der Waals surface area contributed by atoms with Crippen LogP contribution in [0.15, 0.2) is 0 Å². The molecule has 0 N–H and O–H groups in total. The lowest BCUT2D eigenvalue weighted by Gasteiger charge is -2.39. The van der Waals surface area contributed by atoms with Crippen LogP contribution in [-0.2, 0) is 13.3 Å². The summed E-state index contributed by atoms with van der Waals surface area (Å²) in [5, 5.41) is 0. The minimum Gasteiger partial charge on any atom is -0.377 e. The van der Waals surface area contributed by atoms with Gasteiger partial charge < -0.3 is 13.3 Å². The Bertz CT molecular complexity index is 186. The lowest BCUT2D eigenvalue weighted by atomic mass is 9.95. The van der Waals surface area contributed by atoms with E-state index in [0.29, 0.717) is 0 Å². The van der Waals surface area contributed by atoms with Gasteiger partial charge in [0.15, 0.2) is 0 Å². The van der Waals surface area contributed by atoms with E-state index in [0.717, 1.165) is 37.5 Å². The van der Waals surface area contributed by atoms with Crippen LogP contribution in [0.4, 0.5) is 0 Å². The molecule has 0 unspecified atom stereocenters. The van der Waals surface area contributed by atoms with Gasteiger partial charge in [0.1, 0.15) is 0 Å². The Morgan fingerprint density at radius 1 is 1.00 bits per heavy atom. The Morgan fingerprint density at radius 2 is 1.47 bits per heavy atom. The molecule has 0 aliphatic heterocycles. The zero-order valence-corrected chi connectivity index (χ0v) is 13.8. The molecule has 3 nitrogen and oxygen atoms in total. The van der Waals surface area contributed by atoms with Crippen molar-refractivity contribution < 1.29 is 13.3 Å². The molecule has 0 fully saturated rings. The summed E-state index contributed by atoms with van der Waals surface area (Å²) in [6, 6.07) is 0.839. The Balaban J connectivity index is 4.81. The molecule has 104 valence electrons. The summed E-state index contributed by atoms with van der Waals surface area (Å²) >= 11 is 4.25. The summed E-state index contributed by atoms with van der Waals surface area (Å²) in [4.78, 5) is 0. The summed E-state index contributed by atoms with van der Waals surface area (Å²) in [5.41, 5.74) is -0.102. The van der Waals surface area contributed by atoms with Crippen molar-refractivity contribution in [3.05, 3.63) is 0 Å². The van der Waals surface area contributed by atoms with Gasteiger partial charge in [-0.1, -0.05) is 20.8 Å². The fraction of sp³-hybridized carbons (Fsp3) is 1.00. The van der Waals surface area contributed by atoms with Gasteiger partial charge >= 0.3 is 8.80 Å². The third-order valence-corrected chi connectivity index (χ3v) is 6.84.